The van der Waals surface area contributed by atoms with E-state index in [4.69, 9.17) is 0 Å². The Bertz CT molecular complexity index is 460. The second-order valence-electron chi connectivity index (χ2n) is 3.07. The minimum Gasteiger partial charge on any atom is -0.204 e. The van der Waals surface area contributed by atoms with Crippen molar-refractivity contribution >= 4 is 11.3 Å². The highest BCUT2D eigenvalue weighted by molar-refractivity contribution is 7.10. The fourth-order valence-electron chi connectivity index (χ4n) is 1.27. The summed E-state index contributed by atoms with van der Waals surface area (Å²) in [7, 11) is 0. The SMILES string of the molecule is Cc1cc(-c2ccc(F)c(F)c2)cs1. The highest BCUT2D eigenvalue weighted by atomic mass is 32.1. The van der Waals surface area contributed by atoms with Gasteiger partial charge < -0.3 is 0 Å². The minimum atomic E-state index is -0.805. The van der Waals surface area contributed by atoms with Gasteiger partial charge in [-0.2, -0.15) is 0 Å². The Kier molecular flexibility index (Phi) is 2.33. The predicted molar refractivity (Wildman–Crippen MR) is 54.4 cm³/mol. The van der Waals surface area contributed by atoms with Crippen molar-refractivity contribution in [3.8, 4) is 11.1 Å². The molecule has 0 radical (unpaired) electrons. The van der Waals surface area contributed by atoms with Crippen LogP contribution in [0.1, 0.15) is 4.88 Å². The zero-order chi connectivity index (χ0) is 10.1. The first kappa shape index (κ1) is 9.34. The molecule has 72 valence electrons. The van der Waals surface area contributed by atoms with Gasteiger partial charge in [0.25, 0.3) is 0 Å². The molecule has 0 bridgehead atoms. The molecule has 0 aliphatic carbocycles. The van der Waals surface area contributed by atoms with Crippen molar-refractivity contribution in [2.75, 3.05) is 0 Å². The first-order valence-corrected chi connectivity index (χ1v) is 5.05. The summed E-state index contributed by atoms with van der Waals surface area (Å²) in [4.78, 5) is 1.16. The first-order chi connectivity index (χ1) is 6.66. The molecule has 0 unspecified atom stereocenters. The van der Waals surface area contributed by atoms with Crippen molar-refractivity contribution in [2.24, 2.45) is 0 Å². The molecule has 0 aliphatic heterocycles. The molecular weight excluding hydrogens is 202 g/mol. The highest BCUT2D eigenvalue weighted by Crippen LogP contribution is 2.26. The van der Waals surface area contributed by atoms with Gasteiger partial charge in [0.1, 0.15) is 0 Å². The predicted octanol–water partition coefficient (Wildman–Crippen LogP) is 4.00. The first-order valence-electron chi connectivity index (χ1n) is 4.17. The fraction of sp³-hybridized carbons (Fsp3) is 0.0909. The molecule has 1 aromatic heterocycles. The number of hydrogen-bond acceptors (Lipinski definition) is 1. The molecule has 0 amide bonds. The zero-order valence-electron chi connectivity index (χ0n) is 7.55. The van der Waals surface area contributed by atoms with E-state index < -0.39 is 11.6 Å². The van der Waals surface area contributed by atoms with Crippen LogP contribution in [0.3, 0.4) is 0 Å². The molecule has 0 saturated carbocycles. The third-order valence-electron chi connectivity index (χ3n) is 1.98. The van der Waals surface area contributed by atoms with E-state index >= 15 is 0 Å². The number of benzene rings is 1. The molecule has 2 aromatic rings. The lowest BCUT2D eigenvalue weighted by Gasteiger charge is -1.98. The van der Waals surface area contributed by atoms with Crippen LogP contribution in [-0.4, -0.2) is 0 Å². The summed E-state index contributed by atoms with van der Waals surface area (Å²) in [5.41, 5.74) is 1.65. The molecule has 0 spiro atoms. The average Bonchev–Trinajstić information content (AvgIpc) is 2.57. The summed E-state index contributed by atoms with van der Waals surface area (Å²) in [6, 6.07) is 5.91. The van der Waals surface area contributed by atoms with Crippen molar-refractivity contribution in [2.45, 2.75) is 6.92 Å². The van der Waals surface area contributed by atoms with Crippen LogP contribution < -0.4 is 0 Å². The van der Waals surface area contributed by atoms with Gasteiger partial charge in [0.05, 0.1) is 0 Å². The summed E-state index contributed by atoms with van der Waals surface area (Å²) >= 11 is 1.59. The Morgan fingerprint density at radius 3 is 2.36 bits per heavy atom. The smallest absolute Gasteiger partial charge is 0.159 e. The van der Waals surface area contributed by atoms with E-state index in [1.54, 1.807) is 17.4 Å². The minimum absolute atomic E-state index is 0.716. The maximum Gasteiger partial charge on any atom is 0.159 e. The molecular formula is C11H8F2S. The van der Waals surface area contributed by atoms with Crippen LogP contribution in [0.15, 0.2) is 29.6 Å². The maximum atomic E-state index is 12.9. The van der Waals surface area contributed by atoms with Gasteiger partial charge in [-0.1, -0.05) is 6.07 Å². The third kappa shape index (κ3) is 1.68. The molecule has 1 heterocycles. The monoisotopic (exact) mass is 210 g/mol. The van der Waals surface area contributed by atoms with Gasteiger partial charge in [0.15, 0.2) is 11.6 Å². The van der Waals surface area contributed by atoms with Gasteiger partial charge in [-0.05, 0) is 41.6 Å². The van der Waals surface area contributed by atoms with Crippen LogP contribution in [0.4, 0.5) is 8.78 Å². The maximum absolute atomic E-state index is 12.9. The number of rotatable bonds is 1. The van der Waals surface area contributed by atoms with Gasteiger partial charge in [0.2, 0.25) is 0 Å². The molecule has 0 saturated heterocycles. The summed E-state index contributed by atoms with van der Waals surface area (Å²) in [6.07, 6.45) is 0. The second-order valence-corrected chi connectivity index (χ2v) is 4.19. The average molecular weight is 210 g/mol. The van der Waals surface area contributed by atoms with Gasteiger partial charge in [-0.3, -0.25) is 0 Å². The van der Waals surface area contributed by atoms with E-state index in [1.807, 2.05) is 18.4 Å². The van der Waals surface area contributed by atoms with Crippen molar-refractivity contribution in [3.05, 3.63) is 46.2 Å². The molecule has 2 rings (SSSR count). The topological polar surface area (TPSA) is 0 Å². The van der Waals surface area contributed by atoms with Crippen LogP contribution in [0, 0.1) is 18.6 Å². The Morgan fingerprint density at radius 2 is 1.79 bits per heavy atom. The lowest BCUT2D eigenvalue weighted by atomic mass is 10.1. The summed E-state index contributed by atoms with van der Waals surface area (Å²) in [6.45, 7) is 1.98. The van der Waals surface area contributed by atoms with Gasteiger partial charge in [-0.25, -0.2) is 8.78 Å². The van der Waals surface area contributed by atoms with Gasteiger partial charge in [-0.15, -0.1) is 11.3 Å². The highest BCUT2D eigenvalue weighted by Gasteiger charge is 2.05. The summed E-state index contributed by atoms with van der Waals surface area (Å²) in [5.74, 6) is -1.60. The normalized spacial score (nSPS) is 10.5. The van der Waals surface area contributed by atoms with Gasteiger partial charge in [0, 0.05) is 4.88 Å². The number of halogens is 2. The largest absolute Gasteiger partial charge is 0.204 e. The lowest BCUT2D eigenvalue weighted by molar-refractivity contribution is 0.509. The molecule has 3 heteroatoms. The van der Waals surface area contributed by atoms with Crippen molar-refractivity contribution in [3.63, 3.8) is 0 Å². The van der Waals surface area contributed by atoms with Crippen LogP contribution in [0.5, 0.6) is 0 Å². The molecule has 1 aromatic carbocycles. The lowest BCUT2D eigenvalue weighted by Crippen LogP contribution is -1.83. The zero-order valence-corrected chi connectivity index (χ0v) is 8.37. The molecule has 14 heavy (non-hydrogen) atoms. The van der Waals surface area contributed by atoms with E-state index in [9.17, 15) is 8.78 Å². The van der Waals surface area contributed by atoms with Gasteiger partial charge >= 0.3 is 0 Å². The molecule has 0 nitrogen and oxygen atoms in total. The summed E-state index contributed by atoms with van der Waals surface area (Å²) < 4.78 is 25.5. The van der Waals surface area contributed by atoms with Crippen LogP contribution in [0.2, 0.25) is 0 Å². The van der Waals surface area contributed by atoms with E-state index in [2.05, 4.69) is 0 Å². The van der Waals surface area contributed by atoms with Crippen LogP contribution in [-0.2, 0) is 0 Å². The van der Waals surface area contributed by atoms with Crippen molar-refractivity contribution in [1.29, 1.82) is 0 Å². The van der Waals surface area contributed by atoms with E-state index in [-0.39, 0.29) is 0 Å². The molecule has 0 fully saturated rings. The Morgan fingerprint density at radius 1 is 1.00 bits per heavy atom. The Hall–Kier alpha value is -1.22. The number of thiophene rings is 1. The quantitative estimate of drug-likeness (QED) is 0.667. The van der Waals surface area contributed by atoms with E-state index in [0.29, 0.717) is 5.56 Å². The third-order valence-corrected chi connectivity index (χ3v) is 2.84. The van der Waals surface area contributed by atoms with E-state index in [0.717, 1.165) is 16.5 Å². The molecule has 0 aliphatic rings. The molecule has 0 atom stereocenters. The van der Waals surface area contributed by atoms with E-state index in [1.165, 1.54) is 6.07 Å². The second kappa shape index (κ2) is 3.50. The summed E-state index contributed by atoms with van der Waals surface area (Å²) in [5, 5.41) is 1.93. The Labute approximate surface area is 84.8 Å². The number of aryl methyl sites for hydroxylation is 1. The Balaban J connectivity index is 2.47. The standard InChI is InChI=1S/C11H8F2S/c1-7-4-9(6-14-7)8-2-3-10(12)11(13)5-8/h2-6H,1H3. The van der Waals surface area contributed by atoms with Crippen LogP contribution in [0.25, 0.3) is 11.1 Å². The van der Waals surface area contributed by atoms with Crippen LogP contribution >= 0.6 is 11.3 Å². The molecule has 0 N–H and O–H groups in total. The fourth-order valence-corrected chi connectivity index (χ4v) is 1.98. The number of hydrogen-bond donors (Lipinski definition) is 0. The van der Waals surface area contributed by atoms with Crippen molar-refractivity contribution < 1.29 is 8.78 Å². The van der Waals surface area contributed by atoms with Crippen molar-refractivity contribution in [1.82, 2.24) is 0 Å².